The molecule has 2 aliphatic heterocycles. The summed E-state index contributed by atoms with van der Waals surface area (Å²) in [6.45, 7) is 4.70. The summed E-state index contributed by atoms with van der Waals surface area (Å²) in [5.41, 5.74) is 0.524. The predicted octanol–water partition coefficient (Wildman–Crippen LogP) is 4.48. The number of fused-ring (bicyclic) bond motifs is 3. The summed E-state index contributed by atoms with van der Waals surface area (Å²) in [6, 6.07) is 9.15. The Morgan fingerprint density at radius 3 is 2.19 bits per heavy atom. The van der Waals surface area contributed by atoms with Crippen LogP contribution in [0.5, 0.6) is 0 Å². The quantitative estimate of drug-likeness (QED) is 0.785. The van der Waals surface area contributed by atoms with Crippen LogP contribution in [-0.2, 0) is 0 Å². The Morgan fingerprint density at radius 2 is 1.58 bits per heavy atom. The van der Waals surface area contributed by atoms with Crippen LogP contribution in [0, 0.1) is 11.8 Å². The average Bonchev–Trinajstić information content (AvgIpc) is 3.02. The van der Waals surface area contributed by atoms with Crippen LogP contribution < -0.4 is 5.56 Å². The van der Waals surface area contributed by atoms with Crippen molar-refractivity contribution >= 4 is 17.0 Å². The second-order valence-electron chi connectivity index (χ2n) is 10.2. The molecule has 5 rings (SSSR count). The van der Waals surface area contributed by atoms with Gasteiger partial charge in [-0.25, -0.2) is 9.78 Å². The Morgan fingerprint density at radius 1 is 0.968 bits per heavy atom. The molecule has 31 heavy (non-hydrogen) atoms. The SMILES string of the molecule is CC(C)[C@H]1CC[C@@H](N2[C@@H]3CC[C@H]2C[C@@H](n2c(=O)c(C(=O)O)nc4ccccc42)C3)CC1. The summed E-state index contributed by atoms with van der Waals surface area (Å²) in [7, 11) is 0. The van der Waals surface area contributed by atoms with Crippen LogP contribution in [0.15, 0.2) is 29.1 Å². The normalized spacial score (nSPS) is 31.4. The smallest absolute Gasteiger partial charge is 0.360 e. The molecule has 3 aliphatic rings. The lowest BCUT2D eigenvalue weighted by Gasteiger charge is -2.46. The molecule has 2 bridgehead atoms. The van der Waals surface area contributed by atoms with E-state index in [4.69, 9.17) is 0 Å². The van der Waals surface area contributed by atoms with Crippen molar-refractivity contribution in [2.45, 2.75) is 89.4 Å². The van der Waals surface area contributed by atoms with Crippen molar-refractivity contribution in [3.8, 4) is 0 Å². The number of carboxylic acid groups (broad SMARTS) is 1. The zero-order valence-electron chi connectivity index (χ0n) is 18.5. The van der Waals surface area contributed by atoms with Crippen LogP contribution in [-0.4, -0.2) is 43.7 Å². The lowest BCUT2D eigenvalue weighted by Crippen LogP contribution is -2.51. The molecule has 6 heteroatoms. The monoisotopic (exact) mass is 423 g/mol. The summed E-state index contributed by atoms with van der Waals surface area (Å²) >= 11 is 0. The first-order valence-corrected chi connectivity index (χ1v) is 12.0. The van der Waals surface area contributed by atoms with Gasteiger partial charge in [0, 0.05) is 24.2 Å². The fourth-order valence-electron chi connectivity index (χ4n) is 6.71. The Bertz CT molecular complexity index is 1020. The van der Waals surface area contributed by atoms with E-state index < -0.39 is 11.5 Å². The first kappa shape index (κ1) is 20.7. The zero-order chi connectivity index (χ0) is 21.7. The number of aromatic nitrogens is 2. The molecule has 166 valence electrons. The Balaban J connectivity index is 1.43. The first-order valence-electron chi connectivity index (χ1n) is 12.0. The molecule has 1 aromatic heterocycles. The van der Waals surface area contributed by atoms with Crippen LogP contribution in [0.3, 0.4) is 0 Å². The Kier molecular flexibility index (Phi) is 5.37. The summed E-state index contributed by atoms with van der Waals surface area (Å²) in [5, 5.41) is 9.55. The number of rotatable bonds is 4. The van der Waals surface area contributed by atoms with E-state index in [9.17, 15) is 14.7 Å². The number of hydrogen-bond donors (Lipinski definition) is 1. The van der Waals surface area contributed by atoms with Gasteiger partial charge in [0.1, 0.15) is 0 Å². The van der Waals surface area contributed by atoms with E-state index >= 15 is 0 Å². The largest absolute Gasteiger partial charge is 0.476 e. The molecule has 3 heterocycles. The maximum atomic E-state index is 13.1. The van der Waals surface area contributed by atoms with E-state index in [-0.39, 0.29) is 11.7 Å². The minimum atomic E-state index is -1.24. The molecule has 0 radical (unpaired) electrons. The summed E-state index contributed by atoms with van der Waals surface area (Å²) in [6.07, 6.45) is 9.48. The van der Waals surface area contributed by atoms with Gasteiger partial charge in [0.2, 0.25) is 5.69 Å². The number of nitrogens with zero attached hydrogens (tertiary/aromatic N) is 3. The standard InChI is InChI=1S/C25H33N3O3/c1-15(2)16-7-9-17(10-8-16)27-18-11-12-19(27)14-20(13-18)28-22-6-4-3-5-21(22)26-23(24(28)29)25(30)31/h3-6,15-20H,7-14H2,1-2H3,(H,30,31)/t16-,17+,18-,19+,20+. The van der Waals surface area contributed by atoms with E-state index in [1.165, 1.54) is 38.5 Å². The van der Waals surface area contributed by atoms with Gasteiger partial charge in [-0.1, -0.05) is 26.0 Å². The van der Waals surface area contributed by atoms with Crippen LogP contribution in [0.2, 0.25) is 0 Å². The molecule has 0 amide bonds. The number of carbonyl (C=O) groups is 1. The molecule has 1 aliphatic carbocycles. The number of piperidine rings is 1. The fraction of sp³-hybridized carbons (Fsp3) is 0.640. The van der Waals surface area contributed by atoms with Gasteiger partial charge in [0.25, 0.3) is 5.56 Å². The van der Waals surface area contributed by atoms with Crippen molar-refractivity contribution in [2.24, 2.45) is 11.8 Å². The van der Waals surface area contributed by atoms with E-state index in [1.54, 1.807) is 10.6 Å². The maximum Gasteiger partial charge on any atom is 0.360 e. The molecular formula is C25H33N3O3. The predicted molar refractivity (Wildman–Crippen MR) is 120 cm³/mol. The van der Waals surface area contributed by atoms with Crippen molar-refractivity contribution < 1.29 is 9.90 Å². The van der Waals surface area contributed by atoms with Gasteiger partial charge in [-0.3, -0.25) is 9.69 Å². The van der Waals surface area contributed by atoms with Crippen molar-refractivity contribution in [2.75, 3.05) is 0 Å². The van der Waals surface area contributed by atoms with Crippen molar-refractivity contribution in [3.63, 3.8) is 0 Å². The third-order valence-corrected chi connectivity index (χ3v) is 8.23. The molecule has 0 spiro atoms. The van der Waals surface area contributed by atoms with Crippen molar-refractivity contribution in [1.82, 2.24) is 14.5 Å². The van der Waals surface area contributed by atoms with E-state index in [0.29, 0.717) is 23.6 Å². The minimum Gasteiger partial charge on any atom is -0.476 e. The van der Waals surface area contributed by atoms with Crippen molar-refractivity contribution in [3.05, 3.63) is 40.3 Å². The number of carboxylic acids is 1. The summed E-state index contributed by atoms with van der Waals surface area (Å²) in [5.74, 6) is 0.396. The van der Waals surface area contributed by atoms with E-state index in [0.717, 1.165) is 30.2 Å². The van der Waals surface area contributed by atoms with Crippen LogP contribution in [0.1, 0.15) is 81.7 Å². The highest BCUT2D eigenvalue weighted by Gasteiger charge is 2.45. The Labute approximate surface area is 183 Å². The van der Waals surface area contributed by atoms with E-state index in [1.807, 2.05) is 18.2 Å². The lowest BCUT2D eigenvalue weighted by molar-refractivity contribution is 0.0331. The van der Waals surface area contributed by atoms with Gasteiger partial charge < -0.3 is 9.67 Å². The second kappa shape index (κ2) is 8.05. The fourth-order valence-corrected chi connectivity index (χ4v) is 6.71. The third kappa shape index (κ3) is 3.59. The van der Waals surface area contributed by atoms with Gasteiger partial charge in [-0.05, 0) is 75.3 Å². The van der Waals surface area contributed by atoms with Crippen LogP contribution in [0.4, 0.5) is 0 Å². The topological polar surface area (TPSA) is 75.4 Å². The minimum absolute atomic E-state index is 0.0410. The Hall–Kier alpha value is -2.21. The number of aromatic carboxylic acids is 1. The van der Waals surface area contributed by atoms with Gasteiger partial charge in [0.05, 0.1) is 11.0 Å². The molecule has 3 atom stereocenters. The second-order valence-corrected chi connectivity index (χ2v) is 10.2. The highest BCUT2D eigenvalue weighted by atomic mass is 16.4. The maximum absolute atomic E-state index is 13.1. The molecule has 3 fully saturated rings. The molecule has 1 N–H and O–H groups in total. The van der Waals surface area contributed by atoms with Crippen LogP contribution in [0.25, 0.3) is 11.0 Å². The van der Waals surface area contributed by atoms with Crippen molar-refractivity contribution in [1.29, 1.82) is 0 Å². The van der Waals surface area contributed by atoms with Gasteiger partial charge in [-0.15, -0.1) is 0 Å². The van der Waals surface area contributed by atoms with E-state index in [2.05, 4.69) is 23.7 Å². The third-order valence-electron chi connectivity index (χ3n) is 8.23. The highest BCUT2D eigenvalue weighted by Crippen LogP contribution is 2.45. The zero-order valence-corrected chi connectivity index (χ0v) is 18.5. The van der Waals surface area contributed by atoms with Crippen LogP contribution >= 0.6 is 0 Å². The highest BCUT2D eigenvalue weighted by molar-refractivity contribution is 5.88. The lowest BCUT2D eigenvalue weighted by atomic mass is 9.78. The summed E-state index contributed by atoms with van der Waals surface area (Å²) < 4.78 is 1.75. The molecule has 2 aromatic rings. The molecule has 1 saturated carbocycles. The van der Waals surface area contributed by atoms with Gasteiger partial charge >= 0.3 is 5.97 Å². The molecule has 1 aromatic carbocycles. The number of hydrogen-bond acceptors (Lipinski definition) is 4. The summed E-state index contributed by atoms with van der Waals surface area (Å²) in [4.78, 5) is 31.8. The number of para-hydroxylation sites is 2. The molecule has 0 unspecified atom stereocenters. The molecule has 2 saturated heterocycles. The molecular weight excluding hydrogens is 390 g/mol. The average molecular weight is 424 g/mol. The first-order chi connectivity index (χ1) is 14.9. The van der Waals surface area contributed by atoms with Gasteiger partial charge in [0.15, 0.2) is 0 Å². The molecule has 6 nitrogen and oxygen atoms in total. The van der Waals surface area contributed by atoms with Gasteiger partial charge in [-0.2, -0.15) is 0 Å². The number of benzene rings is 1.